The fourth-order valence-electron chi connectivity index (χ4n) is 3.64. The first-order valence-corrected chi connectivity index (χ1v) is 10.6. The van der Waals surface area contributed by atoms with Gasteiger partial charge in [0.25, 0.3) is 0 Å². The quantitative estimate of drug-likeness (QED) is 0.557. The minimum absolute atomic E-state index is 0.267. The average Bonchev–Trinajstić information content (AvgIpc) is 3.24. The van der Waals surface area contributed by atoms with Gasteiger partial charge in [0.05, 0.1) is 0 Å². The number of carbonyl (C=O) groups excluding carboxylic acids is 1. The van der Waals surface area contributed by atoms with Gasteiger partial charge in [-0.25, -0.2) is 4.79 Å². The number of hydrogen-bond donors (Lipinski definition) is 0. The van der Waals surface area contributed by atoms with Crippen LogP contribution < -0.4 is 0 Å². The highest BCUT2D eigenvalue weighted by Gasteiger charge is 2.27. The van der Waals surface area contributed by atoms with Gasteiger partial charge in [0.1, 0.15) is 5.60 Å². The highest BCUT2D eigenvalue weighted by molar-refractivity contribution is 5.79. The lowest BCUT2D eigenvalue weighted by molar-refractivity contribution is 0.0236. The van der Waals surface area contributed by atoms with Crippen molar-refractivity contribution in [2.75, 3.05) is 13.1 Å². The number of piperidine rings is 1. The molecule has 1 saturated heterocycles. The van der Waals surface area contributed by atoms with Crippen molar-refractivity contribution in [3.05, 3.63) is 77.7 Å². The van der Waals surface area contributed by atoms with Gasteiger partial charge in [0.2, 0.25) is 11.8 Å². The average molecular weight is 418 g/mol. The van der Waals surface area contributed by atoms with Gasteiger partial charge in [-0.2, -0.15) is 0 Å². The number of nitrogens with zero attached hydrogens (tertiary/aromatic N) is 3. The van der Waals surface area contributed by atoms with Crippen molar-refractivity contribution in [3.8, 4) is 11.5 Å². The number of benzene rings is 2. The van der Waals surface area contributed by atoms with Crippen molar-refractivity contribution in [2.45, 2.75) is 39.2 Å². The first kappa shape index (κ1) is 20.8. The summed E-state index contributed by atoms with van der Waals surface area (Å²) in [7, 11) is 0. The van der Waals surface area contributed by atoms with E-state index in [4.69, 9.17) is 9.15 Å². The third-order valence-corrected chi connectivity index (χ3v) is 5.09. The van der Waals surface area contributed by atoms with Gasteiger partial charge in [-0.15, -0.1) is 10.2 Å². The van der Waals surface area contributed by atoms with Crippen molar-refractivity contribution in [1.29, 1.82) is 0 Å². The second kappa shape index (κ2) is 8.76. The lowest BCUT2D eigenvalue weighted by Crippen LogP contribution is -2.40. The maximum atomic E-state index is 12.4. The van der Waals surface area contributed by atoms with Crippen LogP contribution in [-0.4, -0.2) is 39.9 Å². The zero-order valence-corrected chi connectivity index (χ0v) is 18.2. The first-order chi connectivity index (χ1) is 14.9. The SMILES string of the molecule is CC(C)(C)OC(=O)N1CCC(=C(c2ccccc2)c2nnc(-c3ccccc3)o2)CC1. The zero-order chi connectivity index (χ0) is 21.8. The third-order valence-electron chi connectivity index (χ3n) is 5.09. The standard InChI is InChI=1S/C25H27N3O3/c1-25(2,3)31-24(29)28-16-14-19(15-17-28)21(18-10-6-4-7-11-18)23-27-26-22(30-23)20-12-8-5-9-13-20/h4-13H,14-17H2,1-3H3. The highest BCUT2D eigenvalue weighted by atomic mass is 16.6. The van der Waals surface area contributed by atoms with Crippen molar-refractivity contribution >= 4 is 11.7 Å². The molecular formula is C25H27N3O3. The molecule has 160 valence electrons. The fourth-order valence-corrected chi connectivity index (χ4v) is 3.64. The van der Waals surface area contributed by atoms with E-state index >= 15 is 0 Å². The zero-order valence-electron chi connectivity index (χ0n) is 18.2. The summed E-state index contributed by atoms with van der Waals surface area (Å²) in [6.45, 7) is 6.84. The Morgan fingerprint density at radius 3 is 2.16 bits per heavy atom. The van der Waals surface area contributed by atoms with Crippen LogP contribution in [0.2, 0.25) is 0 Å². The van der Waals surface area contributed by atoms with Crippen LogP contribution in [-0.2, 0) is 4.74 Å². The summed E-state index contributed by atoms with van der Waals surface area (Å²) in [5.74, 6) is 1.00. The molecule has 6 nitrogen and oxygen atoms in total. The minimum Gasteiger partial charge on any atom is -0.444 e. The molecule has 4 rings (SSSR count). The molecule has 0 N–H and O–H groups in total. The van der Waals surface area contributed by atoms with Crippen LogP contribution in [0.25, 0.3) is 17.0 Å². The molecule has 1 fully saturated rings. The summed E-state index contributed by atoms with van der Waals surface area (Å²) < 4.78 is 11.6. The number of amides is 1. The van der Waals surface area contributed by atoms with Crippen molar-refractivity contribution in [3.63, 3.8) is 0 Å². The van der Waals surface area contributed by atoms with E-state index in [9.17, 15) is 4.79 Å². The number of likely N-dealkylation sites (tertiary alicyclic amines) is 1. The van der Waals surface area contributed by atoms with E-state index in [0.717, 1.165) is 29.5 Å². The van der Waals surface area contributed by atoms with E-state index in [1.807, 2.05) is 69.3 Å². The van der Waals surface area contributed by atoms with Gasteiger partial charge in [0.15, 0.2) is 0 Å². The molecule has 2 aromatic carbocycles. The largest absolute Gasteiger partial charge is 0.444 e. The molecule has 0 spiro atoms. The fraction of sp³-hybridized carbons (Fsp3) is 0.320. The Morgan fingerprint density at radius 1 is 0.935 bits per heavy atom. The summed E-state index contributed by atoms with van der Waals surface area (Å²) in [6, 6.07) is 19.8. The Morgan fingerprint density at radius 2 is 1.55 bits per heavy atom. The van der Waals surface area contributed by atoms with E-state index in [0.29, 0.717) is 24.9 Å². The lowest BCUT2D eigenvalue weighted by Gasteiger charge is -2.31. The van der Waals surface area contributed by atoms with Gasteiger partial charge >= 0.3 is 6.09 Å². The summed E-state index contributed by atoms with van der Waals surface area (Å²) in [6.07, 6.45) is 1.19. The third kappa shape index (κ3) is 5.02. The number of ether oxygens (including phenoxy) is 1. The van der Waals surface area contributed by atoms with Crippen LogP contribution in [0.4, 0.5) is 4.79 Å². The van der Waals surface area contributed by atoms with E-state index in [1.165, 1.54) is 5.57 Å². The lowest BCUT2D eigenvalue weighted by atomic mass is 9.93. The van der Waals surface area contributed by atoms with Gasteiger partial charge < -0.3 is 14.1 Å². The Labute approximate surface area is 182 Å². The van der Waals surface area contributed by atoms with E-state index < -0.39 is 5.60 Å². The first-order valence-electron chi connectivity index (χ1n) is 10.6. The van der Waals surface area contributed by atoms with E-state index in [2.05, 4.69) is 22.3 Å². The van der Waals surface area contributed by atoms with Gasteiger partial charge in [0, 0.05) is 24.2 Å². The maximum absolute atomic E-state index is 12.4. The second-order valence-electron chi connectivity index (χ2n) is 8.59. The molecule has 0 saturated carbocycles. The number of hydrogen-bond acceptors (Lipinski definition) is 5. The van der Waals surface area contributed by atoms with Gasteiger partial charge in [-0.05, 0) is 51.3 Å². The van der Waals surface area contributed by atoms with Crippen LogP contribution >= 0.6 is 0 Å². The second-order valence-corrected chi connectivity index (χ2v) is 8.59. The van der Waals surface area contributed by atoms with Gasteiger partial charge in [-0.1, -0.05) is 54.1 Å². The molecule has 6 heteroatoms. The Kier molecular flexibility index (Phi) is 5.89. The molecule has 31 heavy (non-hydrogen) atoms. The molecule has 1 aromatic heterocycles. The summed E-state index contributed by atoms with van der Waals surface area (Å²) in [5.41, 5.74) is 3.58. The minimum atomic E-state index is -0.500. The Balaban J connectivity index is 1.62. The molecule has 3 aromatic rings. The summed E-state index contributed by atoms with van der Waals surface area (Å²) in [4.78, 5) is 14.2. The highest BCUT2D eigenvalue weighted by Crippen LogP contribution is 2.33. The molecule has 1 aliphatic heterocycles. The molecule has 1 aliphatic rings. The van der Waals surface area contributed by atoms with Crippen LogP contribution in [0, 0.1) is 0 Å². The number of carbonyl (C=O) groups is 1. The van der Waals surface area contributed by atoms with E-state index in [-0.39, 0.29) is 6.09 Å². The Bertz CT molecular complexity index is 1060. The van der Waals surface area contributed by atoms with Crippen LogP contribution in [0.3, 0.4) is 0 Å². The summed E-state index contributed by atoms with van der Waals surface area (Å²) >= 11 is 0. The van der Waals surface area contributed by atoms with Crippen LogP contribution in [0.15, 0.2) is 70.7 Å². The van der Waals surface area contributed by atoms with Crippen molar-refractivity contribution < 1.29 is 13.9 Å². The van der Waals surface area contributed by atoms with Crippen LogP contribution in [0.5, 0.6) is 0 Å². The maximum Gasteiger partial charge on any atom is 0.410 e. The molecule has 0 unspecified atom stereocenters. The number of aromatic nitrogens is 2. The van der Waals surface area contributed by atoms with Crippen LogP contribution in [0.1, 0.15) is 45.1 Å². The molecular weight excluding hydrogens is 390 g/mol. The molecule has 0 atom stereocenters. The van der Waals surface area contributed by atoms with Crippen molar-refractivity contribution in [2.24, 2.45) is 0 Å². The van der Waals surface area contributed by atoms with Gasteiger partial charge in [-0.3, -0.25) is 0 Å². The molecule has 0 radical (unpaired) electrons. The smallest absolute Gasteiger partial charge is 0.410 e. The molecule has 0 aliphatic carbocycles. The normalized spacial score (nSPS) is 14.4. The Hall–Kier alpha value is -3.41. The van der Waals surface area contributed by atoms with E-state index in [1.54, 1.807) is 4.90 Å². The predicted molar refractivity (Wildman–Crippen MR) is 119 cm³/mol. The molecule has 2 heterocycles. The predicted octanol–water partition coefficient (Wildman–Crippen LogP) is 5.57. The molecule has 0 bridgehead atoms. The monoisotopic (exact) mass is 417 g/mol. The number of rotatable bonds is 3. The topological polar surface area (TPSA) is 68.5 Å². The molecule has 1 amide bonds. The summed E-state index contributed by atoms with van der Waals surface area (Å²) in [5, 5.41) is 8.64. The van der Waals surface area contributed by atoms with Crippen molar-refractivity contribution in [1.82, 2.24) is 15.1 Å².